The molecule has 0 amide bonds. The lowest BCUT2D eigenvalue weighted by atomic mass is 10.1. The molecule has 2 aromatic rings. The van der Waals surface area contributed by atoms with Gasteiger partial charge in [-0.15, -0.1) is 12.4 Å². The minimum atomic E-state index is -0.819. The van der Waals surface area contributed by atoms with E-state index in [1.807, 2.05) is 4.90 Å². The van der Waals surface area contributed by atoms with Crippen LogP contribution < -0.4 is 4.74 Å². The van der Waals surface area contributed by atoms with E-state index < -0.39 is 23.8 Å². The second-order valence-electron chi connectivity index (χ2n) is 6.30. The van der Waals surface area contributed by atoms with Gasteiger partial charge in [0, 0.05) is 30.2 Å². The van der Waals surface area contributed by atoms with Crippen LogP contribution in [-0.4, -0.2) is 49.0 Å². The van der Waals surface area contributed by atoms with Crippen molar-refractivity contribution in [3.8, 4) is 5.75 Å². The highest BCUT2D eigenvalue weighted by Gasteiger charge is 2.26. The molecule has 0 aliphatic carbocycles. The van der Waals surface area contributed by atoms with E-state index in [2.05, 4.69) is 0 Å². The van der Waals surface area contributed by atoms with E-state index in [1.165, 1.54) is 24.3 Å². The maximum Gasteiger partial charge on any atom is 0.165 e. The third kappa shape index (κ3) is 5.92. The number of para-hydroxylation sites is 1. The molecule has 1 N–H and O–H groups in total. The van der Waals surface area contributed by atoms with Crippen LogP contribution in [0.2, 0.25) is 10.0 Å². The fourth-order valence-corrected chi connectivity index (χ4v) is 3.44. The first-order valence-corrected chi connectivity index (χ1v) is 9.23. The number of rotatable bonds is 6. The van der Waals surface area contributed by atoms with Gasteiger partial charge in [-0.3, -0.25) is 4.90 Å². The summed E-state index contributed by atoms with van der Waals surface area (Å²) >= 11 is 11.9. The molecule has 3 rings (SSSR count). The Kier molecular flexibility index (Phi) is 8.74. The molecule has 9 heteroatoms. The molecular weight excluding hydrogens is 435 g/mol. The molecule has 0 saturated carbocycles. The molecule has 4 nitrogen and oxygen atoms in total. The molecule has 28 heavy (non-hydrogen) atoms. The molecule has 2 aromatic carbocycles. The third-order valence-corrected chi connectivity index (χ3v) is 4.89. The fourth-order valence-electron chi connectivity index (χ4n) is 2.94. The van der Waals surface area contributed by atoms with E-state index in [-0.39, 0.29) is 29.8 Å². The number of morpholine rings is 1. The van der Waals surface area contributed by atoms with Crippen LogP contribution in [0.5, 0.6) is 5.75 Å². The number of aliphatic hydroxyl groups excluding tert-OH is 1. The molecule has 1 aliphatic heterocycles. The van der Waals surface area contributed by atoms with Crippen molar-refractivity contribution in [2.75, 3.05) is 32.8 Å². The Bertz CT molecular complexity index is 797. The van der Waals surface area contributed by atoms with Gasteiger partial charge in [0.15, 0.2) is 11.6 Å². The Balaban J connectivity index is 0.00000280. The number of nitrogens with zero attached hydrogens (tertiary/aromatic N) is 1. The van der Waals surface area contributed by atoms with Crippen LogP contribution in [0.15, 0.2) is 36.4 Å². The van der Waals surface area contributed by atoms with Crippen LogP contribution in [0.4, 0.5) is 8.78 Å². The number of halogens is 5. The van der Waals surface area contributed by atoms with E-state index in [0.717, 1.165) is 0 Å². The summed E-state index contributed by atoms with van der Waals surface area (Å²) in [5.74, 6) is -0.939. The lowest BCUT2D eigenvalue weighted by Gasteiger charge is -2.34. The molecule has 0 radical (unpaired) electrons. The average molecular weight is 455 g/mol. The van der Waals surface area contributed by atoms with Gasteiger partial charge >= 0.3 is 0 Å². The molecule has 2 atom stereocenters. The Morgan fingerprint density at radius 1 is 1.18 bits per heavy atom. The number of aliphatic hydroxyl groups is 1. The Morgan fingerprint density at radius 2 is 1.93 bits per heavy atom. The predicted molar refractivity (Wildman–Crippen MR) is 107 cm³/mol. The Labute approximate surface area is 178 Å². The van der Waals surface area contributed by atoms with Crippen molar-refractivity contribution in [2.24, 2.45) is 0 Å². The van der Waals surface area contributed by atoms with Crippen molar-refractivity contribution >= 4 is 35.6 Å². The van der Waals surface area contributed by atoms with Gasteiger partial charge in [0.1, 0.15) is 18.5 Å². The summed E-state index contributed by atoms with van der Waals surface area (Å²) in [6.45, 7) is 1.70. The first-order chi connectivity index (χ1) is 12.9. The van der Waals surface area contributed by atoms with Gasteiger partial charge in [-0.05, 0) is 24.3 Å². The second kappa shape index (κ2) is 10.6. The number of hydrogen-bond acceptors (Lipinski definition) is 4. The SMILES string of the molecule is Cl.OC(COc1ccccc1F)CN1CCOC(c2cc(F)c(Cl)cc2Cl)C1. The highest BCUT2D eigenvalue weighted by atomic mass is 35.5. The predicted octanol–water partition coefficient (Wildman–Crippen LogP) is 4.51. The molecule has 2 unspecified atom stereocenters. The normalized spacial score (nSPS) is 18.4. The van der Waals surface area contributed by atoms with Crippen molar-refractivity contribution < 1.29 is 23.4 Å². The van der Waals surface area contributed by atoms with Gasteiger partial charge in [0.25, 0.3) is 0 Å². The van der Waals surface area contributed by atoms with Gasteiger partial charge in [0.2, 0.25) is 0 Å². The fraction of sp³-hybridized carbons (Fsp3) is 0.368. The molecule has 1 heterocycles. The topological polar surface area (TPSA) is 41.9 Å². The zero-order valence-corrected chi connectivity index (χ0v) is 17.1. The number of ether oxygens (including phenoxy) is 2. The van der Waals surface area contributed by atoms with Gasteiger partial charge in [0.05, 0.1) is 17.7 Å². The number of β-amino-alcohol motifs (C(OH)–C–C–N with tert-alkyl or cyclic N) is 1. The maximum atomic E-state index is 13.8. The standard InChI is InChI=1S/C19H19Cl2F2NO3.ClH/c20-14-8-15(21)17(23)7-13(14)19-10-24(5-6-26-19)9-12(25)11-27-18-4-2-1-3-16(18)22;/h1-4,7-8,12,19,25H,5-6,9-11H2;1H. The minimum Gasteiger partial charge on any atom is -0.488 e. The molecule has 0 spiro atoms. The second-order valence-corrected chi connectivity index (χ2v) is 7.12. The van der Waals surface area contributed by atoms with E-state index in [1.54, 1.807) is 12.1 Å². The summed E-state index contributed by atoms with van der Waals surface area (Å²) in [4.78, 5) is 1.96. The summed E-state index contributed by atoms with van der Waals surface area (Å²) in [5, 5.41) is 10.5. The largest absolute Gasteiger partial charge is 0.488 e. The zero-order chi connectivity index (χ0) is 19.4. The van der Waals surface area contributed by atoms with Crippen LogP contribution in [0.25, 0.3) is 0 Å². The lowest BCUT2D eigenvalue weighted by molar-refractivity contribution is -0.0461. The van der Waals surface area contributed by atoms with Crippen molar-refractivity contribution in [3.05, 3.63) is 63.6 Å². The molecule has 1 fully saturated rings. The average Bonchev–Trinajstić information content (AvgIpc) is 2.64. The first-order valence-electron chi connectivity index (χ1n) is 8.48. The van der Waals surface area contributed by atoms with Crippen LogP contribution in [-0.2, 0) is 4.74 Å². The van der Waals surface area contributed by atoms with Gasteiger partial charge in [-0.25, -0.2) is 8.78 Å². The van der Waals surface area contributed by atoms with Crippen LogP contribution in [0.3, 0.4) is 0 Å². The molecule has 0 aromatic heterocycles. The zero-order valence-electron chi connectivity index (χ0n) is 14.8. The van der Waals surface area contributed by atoms with E-state index in [4.69, 9.17) is 32.7 Å². The van der Waals surface area contributed by atoms with Crippen LogP contribution >= 0.6 is 35.6 Å². The van der Waals surface area contributed by atoms with E-state index in [9.17, 15) is 13.9 Å². The monoisotopic (exact) mass is 453 g/mol. The van der Waals surface area contributed by atoms with Crippen molar-refractivity contribution in [1.29, 1.82) is 0 Å². The van der Waals surface area contributed by atoms with E-state index >= 15 is 0 Å². The van der Waals surface area contributed by atoms with E-state index in [0.29, 0.717) is 36.8 Å². The smallest absolute Gasteiger partial charge is 0.165 e. The first kappa shape index (κ1) is 23.1. The highest BCUT2D eigenvalue weighted by Crippen LogP contribution is 2.32. The minimum absolute atomic E-state index is 0. The quantitative estimate of drug-likeness (QED) is 0.652. The summed E-state index contributed by atoms with van der Waals surface area (Å²) in [7, 11) is 0. The van der Waals surface area contributed by atoms with Crippen molar-refractivity contribution in [3.63, 3.8) is 0 Å². The highest BCUT2D eigenvalue weighted by molar-refractivity contribution is 6.35. The Morgan fingerprint density at radius 3 is 2.68 bits per heavy atom. The van der Waals surface area contributed by atoms with Crippen LogP contribution in [0, 0.1) is 11.6 Å². The summed E-state index contributed by atoms with van der Waals surface area (Å²) in [6, 6.07) is 8.65. The molecule has 0 bridgehead atoms. The van der Waals surface area contributed by atoms with Crippen LogP contribution in [0.1, 0.15) is 11.7 Å². The summed E-state index contributed by atoms with van der Waals surface area (Å²) in [5.41, 5.74) is 0.514. The van der Waals surface area contributed by atoms with Crippen molar-refractivity contribution in [1.82, 2.24) is 4.90 Å². The third-order valence-electron chi connectivity index (χ3n) is 4.27. The summed E-state index contributed by atoms with van der Waals surface area (Å²) < 4.78 is 38.3. The molecule has 1 saturated heterocycles. The van der Waals surface area contributed by atoms with Gasteiger partial charge in [-0.1, -0.05) is 35.3 Å². The van der Waals surface area contributed by atoms with Gasteiger partial charge in [-0.2, -0.15) is 0 Å². The number of hydrogen-bond donors (Lipinski definition) is 1. The maximum absolute atomic E-state index is 13.8. The molecular formula is C19H20Cl3F2NO3. The number of benzene rings is 2. The molecule has 154 valence electrons. The van der Waals surface area contributed by atoms with Gasteiger partial charge < -0.3 is 14.6 Å². The molecule has 1 aliphatic rings. The van der Waals surface area contributed by atoms with Crippen molar-refractivity contribution in [2.45, 2.75) is 12.2 Å². The Hall–Kier alpha value is -1.15. The lowest BCUT2D eigenvalue weighted by Crippen LogP contribution is -2.43. The summed E-state index contributed by atoms with van der Waals surface area (Å²) in [6.07, 6.45) is -1.25.